The highest BCUT2D eigenvalue weighted by Gasteiger charge is 2.31. The first-order valence-corrected chi connectivity index (χ1v) is 4.69. The van der Waals surface area contributed by atoms with Crippen LogP contribution in [0.1, 0.15) is 31.1 Å². The topological polar surface area (TPSA) is 62.5 Å². The van der Waals surface area contributed by atoms with Gasteiger partial charge in [-0.1, -0.05) is 13.8 Å². The summed E-state index contributed by atoms with van der Waals surface area (Å²) in [6, 6.07) is -0.526. The molecule has 1 unspecified atom stereocenters. The van der Waals surface area contributed by atoms with Gasteiger partial charge in [0.15, 0.2) is 0 Å². The first-order valence-electron chi connectivity index (χ1n) is 4.69. The largest absolute Gasteiger partial charge is 0.480 e. The fourth-order valence-electron chi connectivity index (χ4n) is 1.71. The minimum atomic E-state index is -0.828. The number of aliphatic carboxylic acids is 1. The van der Waals surface area contributed by atoms with Gasteiger partial charge in [-0.3, -0.25) is 0 Å². The lowest BCUT2D eigenvalue weighted by Gasteiger charge is -2.07. The first-order chi connectivity index (χ1) is 6.59. The molecule has 0 saturated carbocycles. The van der Waals surface area contributed by atoms with E-state index in [2.05, 4.69) is 19.2 Å². The van der Waals surface area contributed by atoms with Crippen LogP contribution in [0.2, 0.25) is 0 Å². The molecular weight excluding hydrogens is 182 g/mol. The van der Waals surface area contributed by atoms with Gasteiger partial charge in [0.1, 0.15) is 11.8 Å². The van der Waals surface area contributed by atoms with Crippen LogP contribution in [-0.4, -0.2) is 17.1 Å². The summed E-state index contributed by atoms with van der Waals surface area (Å²) in [5.41, 5.74) is 1.94. The van der Waals surface area contributed by atoms with Gasteiger partial charge in [0.25, 0.3) is 0 Å². The number of fused-ring (bicyclic) bond motifs is 1. The molecule has 0 amide bonds. The number of hydrogen-bond acceptors (Lipinski definition) is 3. The summed E-state index contributed by atoms with van der Waals surface area (Å²) < 4.78 is 5.32. The predicted molar refractivity (Wildman–Crippen MR) is 51.5 cm³/mol. The lowest BCUT2D eigenvalue weighted by Crippen LogP contribution is -2.26. The van der Waals surface area contributed by atoms with E-state index < -0.39 is 12.0 Å². The van der Waals surface area contributed by atoms with Crippen molar-refractivity contribution in [2.75, 3.05) is 5.32 Å². The van der Waals surface area contributed by atoms with E-state index in [0.29, 0.717) is 12.3 Å². The molecule has 1 aromatic rings. The highest BCUT2D eigenvalue weighted by molar-refractivity contribution is 5.81. The van der Waals surface area contributed by atoms with Gasteiger partial charge in [-0.25, -0.2) is 4.79 Å². The standard InChI is InChI=1S/C10H13NO3/c1-5(2)6-4-14-8-3-7(10(12)13)11-9(6)8/h4-5,7,11H,3H2,1-2H3,(H,12,13). The molecule has 1 aliphatic heterocycles. The Morgan fingerprint density at radius 2 is 2.43 bits per heavy atom. The van der Waals surface area contributed by atoms with Crippen LogP contribution in [0.15, 0.2) is 10.7 Å². The van der Waals surface area contributed by atoms with Crippen LogP contribution in [0, 0.1) is 0 Å². The molecule has 0 spiro atoms. The molecule has 14 heavy (non-hydrogen) atoms. The number of carboxylic acid groups (broad SMARTS) is 1. The van der Waals surface area contributed by atoms with Crippen LogP contribution in [0.5, 0.6) is 0 Å². The van der Waals surface area contributed by atoms with Gasteiger partial charge in [0, 0.05) is 12.0 Å². The normalized spacial score (nSPS) is 19.5. The van der Waals surface area contributed by atoms with E-state index in [1.807, 2.05) is 0 Å². The van der Waals surface area contributed by atoms with Crippen LogP contribution < -0.4 is 5.32 Å². The second-order valence-electron chi connectivity index (χ2n) is 3.88. The summed E-state index contributed by atoms with van der Waals surface area (Å²) >= 11 is 0. The fraction of sp³-hybridized carbons (Fsp3) is 0.500. The molecule has 4 nitrogen and oxygen atoms in total. The summed E-state index contributed by atoms with van der Waals surface area (Å²) in [7, 11) is 0. The number of hydrogen-bond donors (Lipinski definition) is 2. The first kappa shape index (κ1) is 9.12. The van der Waals surface area contributed by atoms with Crippen molar-refractivity contribution >= 4 is 11.7 Å². The van der Waals surface area contributed by atoms with E-state index in [9.17, 15) is 4.79 Å². The van der Waals surface area contributed by atoms with E-state index in [1.54, 1.807) is 6.26 Å². The van der Waals surface area contributed by atoms with Crippen molar-refractivity contribution in [2.45, 2.75) is 32.2 Å². The molecule has 2 rings (SSSR count). The van der Waals surface area contributed by atoms with Gasteiger partial charge in [0.05, 0.1) is 12.0 Å². The van der Waals surface area contributed by atoms with E-state index >= 15 is 0 Å². The van der Waals surface area contributed by atoms with E-state index in [1.165, 1.54) is 0 Å². The Morgan fingerprint density at radius 1 is 1.71 bits per heavy atom. The fourth-order valence-corrected chi connectivity index (χ4v) is 1.71. The number of rotatable bonds is 2. The predicted octanol–water partition coefficient (Wildman–Crippen LogP) is 1.82. The molecule has 0 aliphatic carbocycles. The third kappa shape index (κ3) is 1.27. The van der Waals surface area contributed by atoms with Crippen molar-refractivity contribution < 1.29 is 14.3 Å². The third-order valence-electron chi connectivity index (χ3n) is 2.52. The Labute approximate surface area is 81.9 Å². The summed E-state index contributed by atoms with van der Waals surface area (Å²) in [5.74, 6) is 0.287. The number of nitrogens with one attached hydrogen (secondary N) is 1. The smallest absolute Gasteiger partial charge is 0.326 e. The minimum absolute atomic E-state index is 0.350. The van der Waals surface area contributed by atoms with E-state index in [0.717, 1.165) is 17.0 Å². The van der Waals surface area contributed by atoms with Crippen LogP contribution in [0.4, 0.5) is 5.69 Å². The Balaban J connectivity index is 2.28. The highest BCUT2D eigenvalue weighted by atomic mass is 16.4. The highest BCUT2D eigenvalue weighted by Crippen LogP contribution is 2.35. The number of furan rings is 1. The van der Waals surface area contributed by atoms with Crippen LogP contribution in [0.3, 0.4) is 0 Å². The SMILES string of the molecule is CC(C)c1coc2c1NC(C(=O)O)C2. The third-order valence-corrected chi connectivity index (χ3v) is 2.52. The van der Waals surface area contributed by atoms with E-state index in [-0.39, 0.29) is 0 Å². The van der Waals surface area contributed by atoms with Gasteiger partial charge in [-0.05, 0) is 5.92 Å². The molecule has 0 radical (unpaired) electrons. The number of carbonyl (C=O) groups is 1. The van der Waals surface area contributed by atoms with Gasteiger partial charge < -0.3 is 14.8 Å². The van der Waals surface area contributed by atoms with Gasteiger partial charge in [0.2, 0.25) is 0 Å². The average Bonchev–Trinajstić information content (AvgIpc) is 2.58. The molecule has 1 atom stereocenters. The number of carboxylic acids is 1. The molecule has 0 bridgehead atoms. The van der Waals surface area contributed by atoms with Crippen molar-refractivity contribution in [3.63, 3.8) is 0 Å². The summed E-state index contributed by atoms with van der Waals surface area (Å²) in [6.45, 7) is 4.11. The molecular formula is C10H13NO3. The molecule has 0 saturated heterocycles. The zero-order valence-electron chi connectivity index (χ0n) is 8.20. The monoisotopic (exact) mass is 195 g/mol. The Hall–Kier alpha value is -1.45. The summed E-state index contributed by atoms with van der Waals surface area (Å²) in [6.07, 6.45) is 2.15. The maximum atomic E-state index is 10.7. The van der Waals surface area contributed by atoms with Crippen LogP contribution in [0.25, 0.3) is 0 Å². The molecule has 1 aromatic heterocycles. The maximum absolute atomic E-state index is 10.7. The minimum Gasteiger partial charge on any atom is -0.480 e. The number of anilines is 1. The van der Waals surface area contributed by atoms with Crippen LogP contribution >= 0.6 is 0 Å². The molecule has 0 aromatic carbocycles. The zero-order valence-corrected chi connectivity index (χ0v) is 8.20. The second-order valence-corrected chi connectivity index (χ2v) is 3.88. The Bertz CT molecular complexity index is 367. The van der Waals surface area contributed by atoms with Crippen LogP contribution in [-0.2, 0) is 11.2 Å². The summed E-state index contributed by atoms with van der Waals surface area (Å²) in [5, 5.41) is 11.8. The van der Waals surface area contributed by atoms with Crippen molar-refractivity contribution in [1.82, 2.24) is 0 Å². The quantitative estimate of drug-likeness (QED) is 0.755. The lowest BCUT2D eigenvalue weighted by molar-refractivity contribution is -0.137. The Kier molecular flexibility index (Phi) is 1.98. The van der Waals surface area contributed by atoms with E-state index in [4.69, 9.17) is 9.52 Å². The lowest BCUT2D eigenvalue weighted by atomic mass is 10.1. The van der Waals surface area contributed by atoms with Gasteiger partial charge >= 0.3 is 5.97 Å². The average molecular weight is 195 g/mol. The summed E-state index contributed by atoms with van der Waals surface area (Å²) in [4.78, 5) is 10.7. The maximum Gasteiger partial charge on any atom is 0.326 e. The molecule has 76 valence electrons. The van der Waals surface area contributed by atoms with Crippen molar-refractivity contribution in [1.29, 1.82) is 0 Å². The zero-order chi connectivity index (χ0) is 10.3. The molecule has 4 heteroatoms. The van der Waals surface area contributed by atoms with Crippen molar-refractivity contribution in [3.05, 3.63) is 17.6 Å². The van der Waals surface area contributed by atoms with Gasteiger partial charge in [-0.15, -0.1) is 0 Å². The molecule has 0 fully saturated rings. The molecule has 2 N–H and O–H groups in total. The van der Waals surface area contributed by atoms with Crippen molar-refractivity contribution in [2.24, 2.45) is 0 Å². The van der Waals surface area contributed by atoms with Gasteiger partial charge in [-0.2, -0.15) is 0 Å². The Morgan fingerprint density at radius 3 is 3.00 bits per heavy atom. The van der Waals surface area contributed by atoms with Crippen molar-refractivity contribution in [3.8, 4) is 0 Å². The second kappa shape index (κ2) is 3.04. The molecule has 2 heterocycles. The molecule has 1 aliphatic rings.